The monoisotopic (exact) mass is 548 g/mol. The molecule has 0 radical (unpaired) electrons. The highest BCUT2D eigenvalue weighted by Gasteiger charge is 2.42. The molecule has 5 rings (SSSR count). The highest BCUT2D eigenvalue weighted by atomic mass is 35.5. The molecule has 0 aliphatic carbocycles. The van der Waals surface area contributed by atoms with Crippen LogP contribution in [0.3, 0.4) is 0 Å². The zero-order chi connectivity index (χ0) is 26.6. The van der Waals surface area contributed by atoms with Gasteiger partial charge in [-0.25, -0.2) is 0 Å². The fraction of sp³-hybridized carbons (Fsp3) is 0.179. The Morgan fingerprint density at radius 2 is 1.95 bits per heavy atom. The van der Waals surface area contributed by atoms with E-state index < -0.39 is 0 Å². The van der Waals surface area contributed by atoms with Crippen LogP contribution in [0.2, 0.25) is 5.02 Å². The first-order valence-electron chi connectivity index (χ1n) is 11.8. The minimum absolute atomic E-state index is 0.0820. The first-order valence-corrected chi connectivity index (χ1v) is 12.6. The number of furan rings is 1. The van der Waals surface area contributed by atoms with Crippen molar-refractivity contribution in [2.75, 3.05) is 31.0 Å². The lowest BCUT2D eigenvalue weighted by atomic mass is 10.0. The summed E-state index contributed by atoms with van der Waals surface area (Å²) in [5.74, 6) is 1.61. The largest absolute Gasteiger partial charge is 0.495 e. The van der Waals surface area contributed by atoms with E-state index in [0.717, 1.165) is 16.9 Å². The van der Waals surface area contributed by atoms with Crippen LogP contribution in [-0.4, -0.2) is 36.8 Å². The SMILES string of the molecule is COCC(=O)Nc1cc(N2C(=S)N[C@H](c3ccccn3)[C@H]2c2ccc(-c3ccc(Cl)cc3)o2)ccc1OC. The topological polar surface area (TPSA) is 88.9 Å². The Bertz CT molecular complexity index is 1450. The number of nitrogens with one attached hydrogen (secondary N) is 2. The number of methoxy groups -OCH3 is 2. The Morgan fingerprint density at radius 3 is 2.66 bits per heavy atom. The Morgan fingerprint density at radius 1 is 1.13 bits per heavy atom. The first-order chi connectivity index (χ1) is 18.5. The van der Waals surface area contributed by atoms with Crippen molar-refractivity contribution in [2.24, 2.45) is 0 Å². The number of nitrogens with zero attached hydrogens (tertiary/aromatic N) is 2. The number of hydrogen-bond acceptors (Lipinski definition) is 6. The van der Waals surface area contributed by atoms with Crippen LogP contribution in [0.1, 0.15) is 23.5 Å². The number of aromatic nitrogens is 1. The van der Waals surface area contributed by atoms with Gasteiger partial charge in [-0.1, -0.05) is 17.7 Å². The van der Waals surface area contributed by atoms with Gasteiger partial charge in [0.25, 0.3) is 0 Å². The van der Waals surface area contributed by atoms with E-state index in [0.29, 0.717) is 33.1 Å². The second-order valence-electron chi connectivity index (χ2n) is 8.57. The third-order valence-corrected chi connectivity index (χ3v) is 6.72. The molecule has 1 amide bonds. The molecule has 0 spiro atoms. The molecule has 1 aliphatic heterocycles. The molecular weight excluding hydrogens is 524 g/mol. The maximum Gasteiger partial charge on any atom is 0.250 e. The van der Waals surface area contributed by atoms with E-state index in [2.05, 4.69) is 15.6 Å². The predicted octanol–water partition coefficient (Wildman–Crippen LogP) is 5.77. The standard InChI is InChI=1S/C28H25ClN4O4S/c1-35-16-25(34)31-21-15-19(10-11-23(21)36-2)33-27(26(32-28(33)38)20-5-3-4-14-30-20)24-13-12-22(37-24)17-6-8-18(29)9-7-17/h3-15,26-27H,16H2,1-2H3,(H,31,34)(H,32,38)/t26-,27-/m1/s1. The molecule has 4 aromatic rings. The molecule has 194 valence electrons. The lowest BCUT2D eigenvalue weighted by Crippen LogP contribution is -2.29. The summed E-state index contributed by atoms with van der Waals surface area (Å²) in [5, 5.41) is 7.40. The van der Waals surface area contributed by atoms with Crippen molar-refractivity contribution < 1.29 is 18.7 Å². The Labute approximate surface area is 230 Å². The summed E-state index contributed by atoms with van der Waals surface area (Å²) >= 11 is 11.9. The van der Waals surface area contributed by atoms with Gasteiger partial charge in [-0.05, 0) is 78.9 Å². The number of ether oxygens (including phenoxy) is 2. The van der Waals surface area contributed by atoms with Gasteiger partial charge >= 0.3 is 0 Å². The van der Waals surface area contributed by atoms with Crippen LogP contribution in [0.15, 0.2) is 83.4 Å². The molecule has 8 nitrogen and oxygen atoms in total. The number of anilines is 2. The van der Waals surface area contributed by atoms with Gasteiger partial charge in [0, 0.05) is 29.6 Å². The molecule has 0 bridgehead atoms. The number of carbonyl (C=O) groups is 1. The third-order valence-electron chi connectivity index (χ3n) is 6.16. The molecule has 0 saturated carbocycles. The number of thiocarbonyl (C=S) groups is 1. The van der Waals surface area contributed by atoms with E-state index in [4.69, 9.17) is 37.7 Å². The van der Waals surface area contributed by atoms with Crippen LogP contribution in [-0.2, 0) is 9.53 Å². The molecule has 2 aromatic heterocycles. The molecule has 2 N–H and O–H groups in total. The number of halogens is 1. The molecule has 1 aliphatic rings. The predicted molar refractivity (Wildman–Crippen MR) is 151 cm³/mol. The maximum atomic E-state index is 12.3. The average Bonchev–Trinajstić information content (AvgIpc) is 3.54. The van der Waals surface area contributed by atoms with E-state index in [1.165, 1.54) is 7.11 Å². The highest BCUT2D eigenvalue weighted by molar-refractivity contribution is 7.80. The van der Waals surface area contributed by atoms with Crippen molar-refractivity contribution in [1.82, 2.24) is 10.3 Å². The van der Waals surface area contributed by atoms with Gasteiger partial charge in [0.1, 0.15) is 29.9 Å². The molecule has 10 heteroatoms. The number of rotatable bonds is 8. The Kier molecular flexibility index (Phi) is 7.59. The van der Waals surface area contributed by atoms with Crippen molar-refractivity contribution in [3.8, 4) is 17.1 Å². The van der Waals surface area contributed by atoms with Crippen molar-refractivity contribution >= 4 is 46.2 Å². The van der Waals surface area contributed by atoms with Crippen LogP contribution in [0.25, 0.3) is 11.3 Å². The fourth-order valence-corrected chi connectivity index (χ4v) is 4.94. The summed E-state index contributed by atoms with van der Waals surface area (Å²) in [4.78, 5) is 18.8. The van der Waals surface area contributed by atoms with Crippen molar-refractivity contribution in [3.05, 3.63) is 95.5 Å². The van der Waals surface area contributed by atoms with Crippen LogP contribution in [0.5, 0.6) is 5.75 Å². The van der Waals surface area contributed by atoms with Crippen LogP contribution in [0.4, 0.5) is 11.4 Å². The van der Waals surface area contributed by atoms with E-state index in [1.807, 2.05) is 71.6 Å². The second kappa shape index (κ2) is 11.2. The number of carbonyl (C=O) groups excluding carboxylic acids is 1. The average molecular weight is 549 g/mol. The quantitative estimate of drug-likeness (QED) is 0.268. The summed E-state index contributed by atoms with van der Waals surface area (Å²) in [6.45, 7) is -0.0820. The number of hydrogen-bond donors (Lipinski definition) is 2. The van der Waals surface area contributed by atoms with E-state index in [9.17, 15) is 4.79 Å². The van der Waals surface area contributed by atoms with Gasteiger partial charge in [-0.2, -0.15) is 0 Å². The molecule has 38 heavy (non-hydrogen) atoms. The molecule has 1 fully saturated rings. The van der Waals surface area contributed by atoms with E-state index in [-0.39, 0.29) is 24.6 Å². The van der Waals surface area contributed by atoms with Crippen molar-refractivity contribution in [2.45, 2.75) is 12.1 Å². The lowest BCUT2D eigenvalue weighted by Gasteiger charge is -2.27. The van der Waals surface area contributed by atoms with Gasteiger partial charge in [0.05, 0.1) is 24.5 Å². The van der Waals surface area contributed by atoms with Crippen LogP contribution >= 0.6 is 23.8 Å². The van der Waals surface area contributed by atoms with Crippen LogP contribution < -0.4 is 20.3 Å². The highest BCUT2D eigenvalue weighted by Crippen LogP contribution is 2.44. The van der Waals surface area contributed by atoms with E-state index in [1.54, 1.807) is 19.4 Å². The van der Waals surface area contributed by atoms with Crippen molar-refractivity contribution in [1.29, 1.82) is 0 Å². The number of benzene rings is 2. The van der Waals surface area contributed by atoms with Crippen molar-refractivity contribution in [3.63, 3.8) is 0 Å². The van der Waals surface area contributed by atoms with Gasteiger partial charge in [0.15, 0.2) is 5.11 Å². The Hall–Kier alpha value is -3.92. The third kappa shape index (κ3) is 5.22. The second-order valence-corrected chi connectivity index (χ2v) is 9.39. The van der Waals surface area contributed by atoms with Gasteiger partial charge < -0.3 is 29.4 Å². The van der Waals surface area contributed by atoms with Gasteiger partial charge in [-0.15, -0.1) is 0 Å². The minimum atomic E-state index is -0.366. The summed E-state index contributed by atoms with van der Waals surface area (Å²) in [6.07, 6.45) is 1.75. The summed E-state index contributed by atoms with van der Waals surface area (Å²) in [7, 11) is 3.01. The maximum absolute atomic E-state index is 12.3. The fourth-order valence-electron chi connectivity index (χ4n) is 4.46. The normalized spacial score (nSPS) is 16.8. The molecular formula is C28H25ClN4O4S. The molecule has 2 aromatic carbocycles. The summed E-state index contributed by atoms with van der Waals surface area (Å²) < 4.78 is 16.8. The summed E-state index contributed by atoms with van der Waals surface area (Å²) in [5.41, 5.74) is 2.96. The Balaban J connectivity index is 1.57. The van der Waals surface area contributed by atoms with Crippen LogP contribution in [0, 0.1) is 0 Å². The van der Waals surface area contributed by atoms with Gasteiger partial charge in [-0.3, -0.25) is 9.78 Å². The lowest BCUT2D eigenvalue weighted by molar-refractivity contribution is -0.119. The van der Waals surface area contributed by atoms with Gasteiger partial charge in [0.2, 0.25) is 5.91 Å². The number of pyridine rings is 1. The zero-order valence-corrected chi connectivity index (χ0v) is 22.3. The zero-order valence-electron chi connectivity index (χ0n) is 20.7. The number of amides is 1. The summed E-state index contributed by atoms with van der Waals surface area (Å²) in [6, 6.07) is 21.9. The van der Waals surface area contributed by atoms with E-state index >= 15 is 0 Å². The molecule has 3 heterocycles. The first kappa shape index (κ1) is 25.7. The molecule has 1 saturated heterocycles. The minimum Gasteiger partial charge on any atom is -0.495 e. The molecule has 0 unspecified atom stereocenters. The molecule has 2 atom stereocenters. The smallest absolute Gasteiger partial charge is 0.250 e.